The van der Waals surface area contributed by atoms with Crippen molar-refractivity contribution in [2.45, 2.75) is 24.9 Å². The van der Waals surface area contributed by atoms with E-state index in [1.807, 2.05) is 66.1 Å². The molecule has 31 heavy (non-hydrogen) atoms. The Bertz CT molecular complexity index is 1010. The maximum absolute atomic E-state index is 12.2. The molecule has 0 saturated carbocycles. The molecule has 9 heteroatoms. The quantitative estimate of drug-likeness (QED) is 0.390. The van der Waals surface area contributed by atoms with E-state index in [0.29, 0.717) is 17.5 Å². The van der Waals surface area contributed by atoms with Crippen molar-refractivity contribution in [2.75, 3.05) is 19.4 Å². The molecule has 0 fully saturated rings. The van der Waals surface area contributed by atoms with Crippen molar-refractivity contribution in [3.63, 3.8) is 0 Å². The largest absolute Gasteiger partial charge is 0.497 e. The van der Waals surface area contributed by atoms with Crippen LogP contribution in [0, 0.1) is 0 Å². The zero-order chi connectivity index (χ0) is 22.1. The number of thioether (sulfide) groups is 1. The number of urea groups is 1. The summed E-state index contributed by atoms with van der Waals surface area (Å²) in [5, 5.41) is 14.2. The summed E-state index contributed by atoms with van der Waals surface area (Å²) in [5.74, 6) is 1.04. The van der Waals surface area contributed by atoms with Crippen molar-refractivity contribution in [3.8, 4) is 22.8 Å². The predicted molar refractivity (Wildman–Crippen MR) is 121 cm³/mol. The number of methoxy groups -OCH3 is 1. The Kier molecular flexibility index (Phi) is 8.05. The second-order valence-electron chi connectivity index (χ2n) is 6.65. The minimum Gasteiger partial charge on any atom is -0.497 e. The lowest BCUT2D eigenvalue weighted by atomic mass is 10.2. The number of benzene rings is 2. The zero-order valence-electron chi connectivity index (χ0n) is 17.5. The van der Waals surface area contributed by atoms with Crippen LogP contribution in [0.4, 0.5) is 4.79 Å². The second-order valence-corrected chi connectivity index (χ2v) is 7.59. The fourth-order valence-corrected chi connectivity index (χ4v) is 3.57. The maximum Gasteiger partial charge on any atom is 0.321 e. The number of para-hydroxylation sites is 1. The molecule has 162 valence electrons. The summed E-state index contributed by atoms with van der Waals surface area (Å²) in [7, 11) is 1.62. The van der Waals surface area contributed by atoms with E-state index in [2.05, 4.69) is 20.8 Å². The number of unbranched alkanes of at least 4 members (excludes halogenated alkanes) is 1. The van der Waals surface area contributed by atoms with E-state index in [0.717, 1.165) is 29.8 Å². The molecular weight excluding hydrogens is 414 g/mol. The molecule has 3 rings (SSSR count). The Hall–Kier alpha value is -3.33. The normalized spacial score (nSPS) is 10.5. The lowest BCUT2D eigenvalue weighted by Gasteiger charge is -2.11. The van der Waals surface area contributed by atoms with E-state index in [1.54, 1.807) is 7.11 Å². The molecule has 0 saturated heterocycles. The number of amides is 3. The predicted octanol–water partition coefficient (Wildman–Crippen LogP) is 3.66. The van der Waals surface area contributed by atoms with Gasteiger partial charge in [0.05, 0.1) is 12.9 Å². The smallest absolute Gasteiger partial charge is 0.321 e. The number of hydrogen-bond acceptors (Lipinski definition) is 6. The van der Waals surface area contributed by atoms with E-state index in [4.69, 9.17) is 4.74 Å². The summed E-state index contributed by atoms with van der Waals surface area (Å²) in [6.07, 6.45) is 1.83. The first-order valence-electron chi connectivity index (χ1n) is 9.98. The summed E-state index contributed by atoms with van der Waals surface area (Å²) < 4.78 is 7.12. The van der Waals surface area contributed by atoms with Gasteiger partial charge in [0.25, 0.3) is 0 Å². The number of rotatable bonds is 9. The Morgan fingerprint density at radius 2 is 1.81 bits per heavy atom. The number of nitrogens with zero attached hydrogens (tertiary/aromatic N) is 3. The Labute approximate surface area is 185 Å². The number of imide groups is 1. The number of carbonyl (C=O) groups is 2. The summed E-state index contributed by atoms with van der Waals surface area (Å²) in [4.78, 5) is 24.0. The number of hydrogen-bond donors (Lipinski definition) is 2. The van der Waals surface area contributed by atoms with Crippen LogP contribution in [0.5, 0.6) is 5.75 Å². The van der Waals surface area contributed by atoms with Crippen LogP contribution in [0.15, 0.2) is 59.8 Å². The SMILES string of the molecule is CCCCNC(=O)NC(=O)CSc1nnc(-c2ccc(OC)cc2)n1-c1ccccc1. The molecule has 0 unspecified atom stereocenters. The molecule has 0 aliphatic carbocycles. The number of nitrogens with one attached hydrogen (secondary N) is 2. The van der Waals surface area contributed by atoms with Gasteiger partial charge in [-0.2, -0.15) is 0 Å². The topological polar surface area (TPSA) is 98.1 Å². The van der Waals surface area contributed by atoms with Crippen molar-refractivity contribution in [3.05, 3.63) is 54.6 Å². The number of ether oxygens (including phenoxy) is 1. The molecule has 0 aliphatic heterocycles. The van der Waals surface area contributed by atoms with Gasteiger partial charge >= 0.3 is 6.03 Å². The summed E-state index contributed by atoms with van der Waals surface area (Å²) >= 11 is 1.22. The molecule has 2 aromatic carbocycles. The molecule has 1 heterocycles. The Morgan fingerprint density at radius 3 is 2.48 bits per heavy atom. The van der Waals surface area contributed by atoms with Gasteiger partial charge in [-0.25, -0.2) is 4.79 Å². The van der Waals surface area contributed by atoms with Crippen LogP contribution in [0.3, 0.4) is 0 Å². The first kappa shape index (κ1) is 22.4. The summed E-state index contributed by atoms with van der Waals surface area (Å²) in [5.41, 5.74) is 1.74. The van der Waals surface area contributed by atoms with Crippen LogP contribution in [-0.2, 0) is 4.79 Å². The third kappa shape index (κ3) is 6.08. The Morgan fingerprint density at radius 1 is 1.06 bits per heavy atom. The lowest BCUT2D eigenvalue weighted by molar-refractivity contribution is -0.117. The van der Waals surface area contributed by atoms with E-state index < -0.39 is 11.9 Å². The highest BCUT2D eigenvalue weighted by molar-refractivity contribution is 7.99. The van der Waals surface area contributed by atoms with Gasteiger partial charge in [-0.1, -0.05) is 43.3 Å². The third-order valence-electron chi connectivity index (χ3n) is 4.40. The highest BCUT2D eigenvalue weighted by Gasteiger charge is 2.18. The van der Waals surface area contributed by atoms with Crippen LogP contribution < -0.4 is 15.4 Å². The van der Waals surface area contributed by atoms with Gasteiger partial charge in [0.2, 0.25) is 5.91 Å². The van der Waals surface area contributed by atoms with Gasteiger partial charge in [-0.05, 0) is 42.8 Å². The minimum atomic E-state index is -0.484. The van der Waals surface area contributed by atoms with Crippen LogP contribution in [0.25, 0.3) is 17.1 Å². The molecule has 3 aromatic rings. The highest BCUT2D eigenvalue weighted by Crippen LogP contribution is 2.28. The fraction of sp³-hybridized carbons (Fsp3) is 0.273. The molecule has 0 spiro atoms. The molecular formula is C22H25N5O3S. The highest BCUT2D eigenvalue weighted by atomic mass is 32.2. The van der Waals surface area contributed by atoms with Crippen LogP contribution in [-0.4, -0.2) is 46.1 Å². The van der Waals surface area contributed by atoms with Gasteiger partial charge in [0.15, 0.2) is 11.0 Å². The number of aromatic nitrogens is 3. The first-order valence-corrected chi connectivity index (χ1v) is 11.0. The monoisotopic (exact) mass is 439 g/mol. The summed E-state index contributed by atoms with van der Waals surface area (Å²) in [6.45, 7) is 2.57. The molecule has 8 nitrogen and oxygen atoms in total. The maximum atomic E-state index is 12.2. The lowest BCUT2D eigenvalue weighted by Crippen LogP contribution is -2.40. The average molecular weight is 440 g/mol. The van der Waals surface area contributed by atoms with Gasteiger partial charge in [0, 0.05) is 17.8 Å². The molecule has 3 amide bonds. The van der Waals surface area contributed by atoms with Gasteiger partial charge in [-0.3, -0.25) is 14.7 Å². The van der Waals surface area contributed by atoms with Crippen molar-refractivity contribution in [2.24, 2.45) is 0 Å². The van der Waals surface area contributed by atoms with Gasteiger partial charge in [0.1, 0.15) is 5.75 Å². The van der Waals surface area contributed by atoms with Crippen LogP contribution >= 0.6 is 11.8 Å². The van der Waals surface area contributed by atoms with Crippen LogP contribution in [0.1, 0.15) is 19.8 Å². The minimum absolute atomic E-state index is 0.0365. The van der Waals surface area contributed by atoms with Gasteiger partial charge in [-0.15, -0.1) is 10.2 Å². The molecule has 2 N–H and O–H groups in total. The van der Waals surface area contributed by atoms with E-state index in [1.165, 1.54) is 11.8 Å². The van der Waals surface area contributed by atoms with E-state index >= 15 is 0 Å². The Balaban J connectivity index is 1.77. The average Bonchev–Trinajstić information content (AvgIpc) is 3.22. The summed E-state index contributed by atoms with van der Waals surface area (Å²) in [6, 6.07) is 16.7. The van der Waals surface area contributed by atoms with E-state index in [-0.39, 0.29) is 5.75 Å². The zero-order valence-corrected chi connectivity index (χ0v) is 18.3. The van der Waals surface area contributed by atoms with Crippen molar-refractivity contribution < 1.29 is 14.3 Å². The molecule has 1 aromatic heterocycles. The van der Waals surface area contributed by atoms with Gasteiger partial charge < -0.3 is 10.1 Å². The molecule has 0 atom stereocenters. The van der Waals surface area contributed by atoms with Crippen molar-refractivity contribution >= 4 is 23.7 Å². The van der Waals surface area contributed by atoms with Crippen molar-refractivity contribution in [1.29, 1.82) is 0 Å². The first-order chi connectivity index (χ1) is 15.1. The second kappa shape index (κ2) is 11.2. The van der Waals surface area contributed by atoms with E-state index in [9.17, 15) is 9.59 Å². The van der Waals surface area contributed by atoms with Crippen LogP contribution in [0.2, 0.25) is 0 Å². The molecule has 0 bridgehead atoms. The third-order valence-corrected chi connectivity index (χ3v) is 5.33. The fourth-order valence-electron chi connectivity index (χ4n) is 2.82. The molecule has 0 radical (unpaired) electrons. The number of carbonyl (C=O) groups excluding carboxylic acids is 2. The van der Waals surface area contributed by atoms with Crippen molar-refractivity contribution in [1.82, 2.24) is 25.4 Å². The standard InChI is InChI=1S/C22H25N5O3S/c1-3-4-14-23-21(29)24-19(28)15-31-22-26-25-20(16-10-12-18(30-2)13-11-16)27(22)17-8-6-5-7-9-17/h5-13H,3-4,14-15H2,1-2H3,(H2,23,24,28,29). The molecule has 0 aliphatic rings.